The van der Waals surface area contributed by atoms with Gasteiger partial charge in [0.05, 0.1) is 12.2 Å². The molecule has 0 fully saturated rings. The molecule has 0 aliphatic heterocycles. The van der Waals surface area contributed by atoms with Crippen molar-refractivity contribution in [3.8, 4) is 11.5 Å². The van der Waals surface area contributed by atoms with Gasteiger partial charge in [0.1, 0.15) is 11.5 Å². The fourth-order valence-electron chi connectivity index (χ4n) is 2.05. The Labute approximate surface area is 140 Å². The van der Waals surface area contributed by atoms with Crippen LogP contribution in [-0.4, -0.2) is 23.5 Å². The van der Waals surface area contributed by atoms with Gasteiger partial charge in [-0.2, -0.15) is 0 Å². The highest BCUT2D eigenvalue weighted by Gasteiger charge is 2.10. The predicted molar refractivity (Wildman–Crippen MR) is 89.6 cm³/mol. The van der Waals surface area contributed by atoms with Gasteiger partial charge < -0.3 is 9.84 Å². The number of carbonyl (C=O) groups is 2. The van der Waals surface area contributed by atoms with Crippen molar-refractivity contribution in [3.05, 3.63) is 59.7 Å². The van der Waals surface area contributed by atoms with Crippen LogP contribution in [0.15, 0.2) is 48.5 Å². The molecule has 24 heavy (non-hydrogen) atoms. The lowest BCUT2D eigenvalue weighted by molar-refractivity contribution is -0.122. The van der Waals surface area contributed by atoms with Crippen molar-refractivity contribution in [2.24, 2.45) is 0 Å². The maximum atomic E-state index is 11.8. The number of aromatic hydroxyl groups is 1. The van der Waals surface area contributed by atoms with Crippen molar-refractivity contribution in [3.63, 3.8) is 0 Å². The van der Waals surface area contributed by atoms with Crippen molar-refractivity contribution >= 4 is 11.8 Å². The summed E-state index contributed by atoms with van der Waals surface area (Å²) >= 11 is 0. The van der Waals surface area contributed by atoms with Crippen LogP contribution in [0.4, 0.5) is 0 Å². The van der Waals surface area contributed by atoms with Crippen LogP contribution in [0.25, 0.3) is 0 Å². The number of carbonyl (C=O) groups excluding carboxylic acids is 2. The van der Waals surface area contributed by atoms with Gasteiger partial charge in [-0.25, -0.2) is 0 Å². The van der Waals surface area contributed by atoms with E-state index in [0.29, 0.717) is 13.0 Å². The number of ether oxygens (including phenoxy) is 1. The second-order valence-electron chi connectivity index (χ2n) is 5.29. The zero-order chi connectivity index (χ0) is 17.4. The lowest BCUT2D eigenvalue weighted by atomic mass is 10.2. The summed E-state index contributed by atoms with van der Waals surface area (Å²) in [4.78, 5) is 23.5. The summed E-state index contributed by atoms with van der Waals surface area (Å²) in [5, 5.41) is 9.56. The highest BCUT2D eigenvalue weighted by Crippen LogP contribution is 2.15. The smallest absolute Gasteiger partial charge is 0.273 e. The minimum atomic E-state index is -0.572. The van der Waals surface area contributed by atoms with E-state index in [-0.39, 0.29) is 23.6 Å². The molecule has 0 radical (unpaired) electrons. The standard InChI is InChI=1S/C18H20N2O4/c1-13-6-4-7-14(12-13)24-11-5-10-17(22)19-20-18(23)15-8-2-3-9-16(15)21/h2-4,6-9,12,21H,5,10-11H2,1H3,(H,19,22)(H,20,23). The SMILES string of the molecule is Cc1cccc(OCCCC(=O)NNC(=O)c2ccccc2O)c1. The molecule has 2 aromatic rings. The normalized spacial score (nSPS) is 10.0. The van der Waals surface area contributed by atoms with Gasteiger partial charge in [0.15, 0.2) is 0 Å². The fourth-order valence-corrected chi connectivity index (χ4v) is 2.05. The molecular formula is C18H20N2O4. The first-order valence-electron chi connectivity index (χ1n) is 7.63. The Hall–Kier alpha value is -3.02. The Morgan fingerprint density at radius 1 is 1.08 bits per heavy atom. The number of rotatable bonds is 6. The van der Waals surface area contributed by atoms with Crippen LogP contribution in [0.3, 0.4) is 0 Å². The summed E-state index contributed by atoms with van der Waals surface area (Å²) < 4.78 is 5.55. The zero-order valence-corrected chi connectivity index (χ0v) is 13.4. The number of phenols is 1. The van der Waals surface area contributed by atoms with E-state index in [1.807, 2.05) is 31.2 Å². The number of hydrogen-bond acceptors (Lipinski definition) is 4. The van der Waals surface area contributed by atoms with E-state index in [0.717, 1.165) is 11.3 Å². The average Bonchev–Trinajstić information content (AvgIpc) is 2.57. The van der Waals surface area contributed by atoms with Gasteiger partial charge in [-0.3, -0.25) is 20.4 Å². The summed E-state index contributed by atoms with van der Waals surface area (Å²) in [6.07, 6.45) is 0.735. The molecule has 0 unspecified atom stereocenters. The number of aryl methyl sites for hydroxylation is 1. The summed E-state index contributed by atoms with van der Waals surface area (Å²) in [6, 6.07) is 13.8. The molecule has 2 aromatic carbocycles. The van der Waals surface area contributed by atoms with Crippen molar-refractivity contribution in [2.75, 3.05) is 6.61 Å². The summed E-state index contributed by atoms with van der Waals surface area (Å²) in [5.74, 6) is -0.275. The third-order valence-corrected chi connectivity index (χ3v) is 3.27. The number of para-hydroxylation sites is 1. The van der Waals surface area contributed by atoms with Gasteiger partial charge in [0.2, 0.25) is 5.91 Å². The van der Waals surface area contributed by atoms with E-state index in [4.69, 9.17) is 4.74 Å². The van der Waals surface area contributed by atoms with E-state index in [2.05, 4.69) is 10.9 Å². The molecular weight excluding hydrogens is 308 g/mol. The van der Waals surface area contributed by atoms with Crippen molar-refractivity contribution in [1.29, 1.82) is 0 Å². The minimum absolute atomic E-state index is 0.0978. The number of hydrazine groups is 1. The van der Waals surface area contributed by atoms with E-state index >= 15 is 0 Å². The van der Waals surface area contributed by atoms with Crippen molar-refractivity contribution in [1.82, 2.24) is 10.9 Å². The van der Waals surface area contributed by atoms with Gasteiger partial charge >= 0.3 is 0 Å². The van der Waals surface area contributed by atoms with Gasteiger partial charge in [0.25, 0.3) is 5.91 Å². The van der Waals surface area contributed by atoms with Gasteiger partial charge in [-0.1, -0.05) is 24.3 Å². The largest absolute Gasteiger partial charge is 0.507 e. The Morgan fingerprint density at radius 2 is 1.88 bits per heavy atom. The molecule has 3 N–H and O–H groups in total. The van der Waals surface area contributed by atoms with Crippen LogP contribution in [0.5, 0.6) is 11.5 Å². The molecule has 2 rings (SSSR count). The van der Waals surface area contributed by atoms with Crippen LogP contribution in [-0.2, 0) is 4.79 Å². The van der Waals surface area contributed by atoms with Crippen LogP contribution in [0.2, 0.25) is 0 Å². The molecule has 0 heterocycles. The Bertz CT molecular complexity index is 716. The lowest BCUT2D eigenvalue weighted by Gasteiger charge is -2.09. The molecule has 0 bridgehead atoms. The van der Waals surface area contributed by atoms with Gasteiger partial charge in [-0.15, -0.1) is 0 Å². The van der Waals surface area contributed by atoms with Crippen LogP contribution < -0.4 is 15.6 Å². The number of phenolic OH excluding ortho intramolecular Hbond substituents is 1. The number of benzene rings is 2. The molecule has 0 saturated carbocycles. The Morgan fingerprint density at radius 3 is 2.62 bits per heavy atom. The Kier molecular flexibility index (Phi) is 6.19. The molecule has 0 atom stereocenters. The molecule has 2 amide bonds. The summed E-state index contributed by atoms with van der Waals surface area (Å²) in [6.45, 7) is 2.39. The molecule has 6 heteroatoms. The minimum Gasteiger partial charge on any atom is -0.507 e. The van der Waals surface area contributed by atoms with E-state index in [9.17, 15) is 14.7 Å². The lowest BCUT2D eigenvalue weighted by Crippen LogP contribution is -2.41. The first-order chi connectivity index (χ1) is 11.6. The molecule has 0 aliphatic rings. The summed E-state index contributed by atoms with van der Waals surface area (Å²) in [5.41, 5.74) is 5.78. The maximum Gasteiger partial charge on any atom is 0.273 e. The van der Waals surface area contributed by atoms with Crippen LogP contribution in [0, 0.1) is 6.92 Å². The fraction of sp³-hybridized carbons (Fsp3) is 0.222. The second-order valence-corrected chi connectivity index (χ2v) is 5.29. The maximum absolute atomic E-state index is 11.8. The van der Waals surface area contributed by atoms with Crippen LogP contribution in [0.1, 0.15) is 28.8 Å². The molecule has 126 valence electrons. The molecule has 0 aromatic heterocycles. The van der Waals surface area contributed by atoms with Crippen molar-refractivity contribution < 1.29 is 19.4 Å². The van der Waals surface area contributed by atoms with Gasteiger partial charge in [-0.05, 0) is 43.2 Å². The quantitative estimate of drug-likeness (QED) is 0.561. The van der Waals surface area contributed by atoms with Crippen molar-refractivity contribution in [2.45, 2.75) is 19.8 Å². The number of amides is 2. The topological polar surface area (TPSA) is 87.7 Å². The number of hydrogen-bond donors (Lipinski definition) is 3. The highest BCUT2D eigenvalue weighted by atomic mass is 16.5. The highest BCUT2D eigenvalue weighted by molar-refractivity contribution is 5.97. The van der Waals surface area contributed by atoms with E-state index in [1.165, 1.54) is 12.1 Å². The molecule has 0 saturated heterocycles. The zero-order valence-electron chi connectivity index (χ0n) is 13.4. The summed E-state index contributed by atoms with van der Waals surface area (Å²) in [7, 11) is 0. The first kappa shape index (κ1) is 17.3. The second kappa shape index (κ2) is 8.57. The van der Waals surface area contributed by atoms with E-state index < -0.39 is 5.91 Å². The molecule has 6 nitrogen and oxygen atoms in total. The first-order valence-corrected chi connectivity index (χ1v) is 7.63. The molecule has 0 aliphatic carbocycles. The number of nitrogens with one attached hydrogen (secondary N) is 2. The Balaban J connectivity index is 1.66. The molecule has 0 spiro atoms. The van der Waals surface area contributed by atoms with Crippen LogP contribution >= 0.6 is 0 Å². The average molecular weight is 328 g/mol. The third-order valence-electron chi connectivity index (χ3n) is 3.27. The monoisotopic (exact) mass is 328 g/mol. The predicted octanol–water partition coefficient (Wildman–Crippen LogP) is 2.32. The third kappa shape index (κ3) is 5.31. The van der Waals surface area contributed by atoms with E-state index in [1.54, 1.807) is 12.1 Å². The van der Waals surface area contributed by atoms with Gasteiger partial charge in [0, 0.05) is 6.42 Å².